The van der Waals surface area contributed by atoms with Gasteiger partial charge in [-0.15, -0.1) is 0 Å². The third kappa shape index (κ3) is 3.27. The van der Waals surface area contributed by atoms with Gasteiger partial charge in [-0.05, 0) is 23.8 Å². The summed E-state index contributed by atoms with van der Waals surface area (Å²) in [5, 5.41) is 2.56. The number of rotatable bonds is 4. The van der Waals surface area contributed by atoms with Crippen molar-refractivity contribution in [1.29, 1.82) is 0 Å². The molecule has 0 aliphatic heterocycles. The van der Waals surface area contributed by atoms with Crippen LogP contribution in [0.5, 0.6) is 0 Å². The van der Waals surface area contributed by atoms with E-state index in [1.807, 2.05) is 0 Å². The number of benzene rings is 1. The first kappa shape index (κ1) is 15.2. The third-order valence-corrected chi connectivity index (χ3v) is 3.75. The highest BCUT2D eigenvalue weighted by Gasteiger charge is 2.20. The fraction of sp³-hybridized carbons (Fsp3) is 0.231. The summed E-state index contributed by atoms with van der Waals surface area (Å²) in [6, 6.07) is 3.23. The van der Waals surface area contributed by atoms with Crippen LogP contribution in [-0.2, 0) is 22.6 Å². The molecule has 0 bridgehead atoms. The van der Waals surface area contributed by atoms with Gasteiger partial charge in [0.15, 0.2) is 15.6 Å². The number of sulfone groups is 1. The minimum atomic E-state index is -3.45. The Morgan fingerprint density at radius 1 is 1.33 bits per heavy atom. The molecule has 0 spiro atoms. The molecule has 0 saturated carbocycles. The molecular weight excluding hydrogens is 299 g/mol. The SMILES string of the molecule is Cn1[nH]cc(C(=O)c2ccc(F)cc2CS(C)(=O)=O)c1=O. The maximum Gasteiger partial charge on any atom is 0.277 e. The van der Waals surface area contributed by atoms with E-state index in [0.717, 1.165) is 23.1 Å². The van der Waals surface area contributed by atoms with Crippen molar-refractivity contribution in [2.75, 3.05) is 6.26 Å². The van der Waals surface area contributed by atoms with Gasteiger partial charge in [-0.1, -0.05) is 0 Å². The van der Waals surface area contributed by atoms with Crippen LogP contribution in [0.25, 0.3) is 0 Å². The quantitative estimate of drug-likeness (QED) is 0.839. The minimum Gasteiger partial charge on any atom is -0.302 e. The maximum atomic E-state index is 13.3. The lowest BCUT2D eigenvalue weighted by molar-refractivity contribution is 0.103. The van der Waals surface area contributed by atoms with Gasteiger partial charge in [0.25, 0.3) is 5.56 Å². The average molecular weight is 312 g/mol. The van der Waals surface area contributed by atoms with Gasteiger partial charge < -0.3 is 5.10 Å². The number of halogens is 1. The van der Waals surface area contributed by atoms with E-state index in [4.69, 9.17) is 0 Å². The molecule has 0 amide bonds. The van der Waals surface area contributed by atoms with Crippen molar-refractivity contribution in [3.8, 4) is 0 Å². The highest BCUT2D eigenvalue weighted by atomic mass is 32.2. The number of nitrogens with zero attached hydrogens (tertiary/aromatic N) is 1. The van der Waals surface area contributed by atoms with Crippen LogP contribution < -0.4 is 5.56 Å². The average Bonchev–Trinajstić information content (AvgIpc) is 2.67. The Kier molecular flexibility index (Phi) is 3.82. The van der Waals surface area contributed by atoms with Crippen LogP contribution in [0, 0.1) is 5.82 Å². The number of ketones is 1. The molecule has 2 aromatic rings. The van der Waals surface area contributed by atoms with Crippen molar-refractivity contribution in [2.45, 2.75) is 5.75 Å². The van der Waals surface area contributed by atoms with Crippen molar-refractivity contribution in [3.05, 3.63) is 57.3 Å². The molecule has 0 unspecified atom stereocenters. The highest BCUT2D eigenvalue weighted by Crippen LogP contribution is 2.17. The van der Waals surface area contributed by atoms with Gasteiger partial charge in [-0.3, -0.25) is 14.3 Å². The summed E-state index contributed by atoms with van der Waals surface area (Å²) in [4.78, 5) is 24.1. The van der Waals surface area contributed by atoms with Gasteiger partial charge >= 0.3 is 0 Å². The Morgan fingerprint density at radius 3 is 2.52 bits per heavy atom. The van der Waals surface area contributed by atoms with Crippen LogP contribution in [0.3, 0.4) is 0 Å². The van der Waals surface area contributed by atoms with Gasteiger partial charge in [0.2, 0.25) is 0 Å². The Bertz CT molecular complexity index is 865. The summed E-state index contributed by atoms with van der Waals surface area (Å²) in [6.45, 7) is 0. The van der Waals surface area contributed by atoms with E-state index in [1.165, 1.54) is 19.3 Å². The van der Waals surface area contributed by atoms with Gasteiger partial charge in [-0.25, -0.2) is 12.8 Å². The second-order valence-electron chi connectivity index (χ2n) is 4.75. The number of aromatic nitrogens is 2. The van der Waals surface area contributed by atoms with Gasteiger partial charge in [-0.2, -0.15) is 0 Å². The summed E-state index contributed by atoms with van der Waals surface area (Å²) < 4.78 is 37.2. The van der Waals surface area contributed by atoms with Crippen molar-refractivity contribution in [3.63, 3.8) is 0 Å². The molecule has 21 heavy (non-hydrogen) atoms. The number of hydrogen-bond acceptors (Lipinski definition) is 4. The molecule has 6 nitrogen and oxygen atoms in total. The monoisotopic (exact) mass is 312 g/mol. The van der Waals surface area contributed by atoms with Crippen molar-refractivity contribution in [1.82, 2.24) is 9.78 Å². The van der Waals surface area contributed by atoms with Crippen LogP contribution in [0.1, 0.15) is 21.5 Å². The van der Waals surface area contributed by atoms with E-state index in [9.17, 15) is 22.4 Å². The predicted molar refractivity (Wildman–Crippen MR) is 74.4 cm³/mol. The number of carbonyl (C=O) groups excluding carboxylic acids is 1. The van der Waals surface area contributed by atoms with Crippen LogP contribution in [0.2, 0.25) is 0 Å². The number of H-pyrrole nitrogens is 1. The first-order chi connectivity index (χ1) is 9.69. The number of nitrogens with one attached hydrogen (secondary N) is 1. The fourth-order valence-electron chi connectivity index (χ4n) is 1.96. The summed E-state index contributed by atoms with van der Waals surface area (Å²) in [7, 11) is -2.00. The van der Waals surface area contributed by atoms with Crippen molar-refractivity contribution < 1.29 is 17.6 Å². The molecule has 1 aromatic heterocycles. The fourth-order valence-corrected chi connectivity index (χ4v) is 2.76. The molecule has 1 aromatic carbocycles. The molecule has 0 atom stereocenters. The zero-order valence-corrected chi connectivity index (χ0v) is 12.2. The molecule has 0 radical (unpaired) electrons. The third-order valence-electron chi connectivity index (χ3n) is 2.91. The summed E-state index contributed by atoms with van der Waals surface area (Å²) in [6.07, 6.45) is 2.22. The summed E-state index contributed by atoms with van der Waals surface area (Å²) >= 11 is 0. The van der Waals surface area contributed by atoms with E-state index in [0.29, 0.717) is 0 Å². The molecule has 2 rings (SSSR count). The van der Waals surface area contributed by atoms with Crippen LogP contribution in [0.4, 0.5) is 4.39 Å². The number of aryl methyl sites for hydroxylation is 1. The smallest absolute Gasteiger partial charge is 0.277 e. The van der Waals surface area contributed by atoms with E-state index in [-0.39, 0.29) is 16.7 Å². The number of hydrogen-bond donors (Lipinski definition) is 1. The zero-order valence-electron chi connectivity index (χ0n) is 11.4. The first-order valence-electron chi connectivity index (χ1n) is 5.94. The molecule has 0 fully saturated rings. The zero-order chi connectivity index (χ0) is 15.8. The van der Waals surface area contributed by atoms with Gasteiger partial charge in [0, 0.05) is 25.1 Å². The molecular formula is C13H13FN2O4S. The van der Waals surface area contributed by atoms with Crippen molar-refractivity contribution in [2.24, 2.45) is 7.05 Å². The summed E-state index contributed by atoms with van der Waals surface area (Å²) in [5.41, 5.74) is -0.627. The first-order valence-corrected chi connectivity index (χ1v) is 8.00. The Hall–Kier alpha value is -2.22. The lowest BCUT2D eigenvalue weighted by Crippen LogP contribution is -2.20. The Balaban J connectivity index is 2.56. The predicted octanol–water partition coefficient (Wildman–Crippen LogP) is 0.628. The minimum absolute atomic E-state index is 0.00137. The van der Waals surface area contributed by atoms with E-state index in [2.05, 4.69) is 5.10 Å². The molecule has 1 N–H and O–H groups in total. The second kappa shape index (κ2) is 5.28. The van der Waals surface area contributed by atoms with E-state index in [1.54, 1.807) is 0 Å². The Labute approximate surface area is 120 Å². The molecule has 0 saturated heterocycles. The van der Waals surface area contributed by atoms with Gasteiger partial charge in [0.1, 0.15) is 11.4 Å². The van der Waals surface area contributed by atoms with Crippen LogP contribution >= 0.6 is 0 Å². The Morgan fingerprint density at radius 2 is 2.00 bits per heavy atom. The van der Waals surface area contributed by atoms with Gasteiger partial charge in [0.05, 0.1) is 5.75 Å². The standard InChI is InChI=1S/C13H13FN2O4S/c1-16-13(18)11(6-15-16)12(17)10-4-3-9(14)5-8(10)7-21(2,19)20/h3-6,15H,7H2,1-2H3. The van der Waals surface area contributed by atoms with E-state index >= 15 is 0 Å². The number of carbonyl (C=O) groups is 1. The second-order valence-corrected chi connectivity index (χ2v) is 6.89. The lowest BCUT2D eigenvalue weighted by atomic mass is 10.0. The summed E-state index contributed by atoms with van der Waals surface area (Å²) in [5.74, 6) is -1.76. The van der Waals surface area contributed by atoms with E-state index < -0.39 is 32.7 Å². The topological polar surface area (TPSA) is 89.0 Å². The molecule has 0 aliphatic rings. The molecule has 8 heteroatoms. The van der Waals surface area contributed by atoms with Crippen LogP contribution in [0.15, 0.2) is 29.2 Å². The molecule has 0 aliphatic carbocycles. The van der Waals surface area contributed by atoms with Crippen LogP contribution in [-0.4, -0.2) is 30.2 Å². The lowest BCUT2D eigenvalue weighted by Gasteiger charge is -2.07. The van der Waals surface area contributed by atoms with Crippen molar-refractivity contribution >= 4 is 15.6 Å². The molecule has 1 heterocycles. The normalized spacial score (nSPS) is 11.6. The number of aromatic amines is 1. The molecule has 112 valence electrons. The largest absolute Gasteiger partial charge is 0.302 e. The highest BCUT2D eigenvalue weighted by molar-refractivity contribution is 7.89. The maximum absolute atomic E-state index is 13.3.